The fraction of sp³-hybridized carbons (Fsp3) is 0.778. The fourth-order valence-corrected chi connectivity index (χ4v) is 1.70. The molecule has 0 saturated carbocycles. The Kier molecular flexibility index (Phi) is 7.15. The lowest BCUT2D eigenvalue weighted by Crippen LogP contribution is -2.41. The van der Waals surface area contributed by atoms with Gasteiger partial charge in [-0.3, -0.25) is 9.59 Å². The van der Waals surface area contributed by atoms with E-state index in [1.165, 1.54) is 11.8 Å². The number of amides is 1. The zero-order valence-corrected chi connectivity index (χ0v) is 9.71. The number of carboxylic acids is 1. The van der Waals surface area contributed by atoms with Gasteiger partial charge in [0.1, 0.15) is 0 Å². The molecule has 0 heterocycles. The first-order valence-corrected chi connectivity index (χ1v) is 5.94. The van der Waals surface area contributed by atoms with E-state index in [9.17, 15) is 9.59 Å². The molecule has 0 bridgehead atoms. The highest BCUT2D eigenvalue weighted by atomic mass is 32.2. The average molecular weight is 235 g/mol. The van der Waals surface area contributed by atoms with Crippen molar-refractivity contribution in [2.45, 2.75) is 31.1 Å². The molecule has 2 unspecified atom stereocenters. The summed E-state index contributed by atoms with van der Waals surface area (Å²) < 4.78 is 0. The van der Waals surface area contributed by atoms with Crippen LogP contribution in [0.1, 0.15) is 19.8 Å². The van der Waals surface area contributed by atoms with Crippen molar-refractivity contribution in [3.8, 4) is 0 Å². The van der Waals surface area contributed by atoms with Gasteiger partial charge in [0, 0.05) is 17.7 Å². The summed E-state index contributed by atoms with van der Waals surface area (Å²) in [6.07, 6.45) is 1.66. The van der Waals surface area contributed by atoms with Crippen LogP contribution in [0, 0.1) is 0 Å². The van der Waals surface area contributed by atoms with Crippen LogP contribution in [0.25, 0.3) is 0 Å². The summed E-state index contributed by atoms with van der Waals surface area (Å²) in [6.45, 7) is 1.78. The third-order valence-corrected chi connectivity index (χ3v) is 3.16. The number of hydrogen-bond donors (Lipinski definition) is 3. The highest BCUT2D eigenvalue weighted by Gasteiger charge is 2.17. The van der Waals surface area contributed by atoms with E-state index >= 15 is 0 Å². The van der Waals surface area contributed by atoms with Crippen molar-refractivity contribution in [2.75, 3.05) is 12.9 Å². The third kappa shape index (κ3) is 6.35. The molecule has 0 radical (unpaired) electrons. The zero-order valence-electron chi connectivity index (χ0n) is 8.90. The Balaban J connectivity index is 3.89. The summed E-state index contributed by atoms with van der Waals surface area (Å²) in [6, 6.07) is -0.161. The van der Waals surface area contributed by atoms with Crippen LogP contribution in [-0.2, 0) is 9.59 Å². The van der Waals surface area contributed by atoms with Gasteiger partial charge in [-0.2, -0.15) is 11.8 Å². The van der Waals surface area contributed by atoms with Gasteiger partial charge in [0.05, 0.1) is 13.0 Å². The molecule has 88 valence electrons. The number of aliphatic carboxylic acids is 1. The van der Waals surface area contributed by atoms with Crippen molar-refractivity contribution < 1.29 is 19.8 Å². The second-order valence-electron chi connectivity index (χ2n) is 3.21. The van der Waals surface area contributed by atoms with Gasteiger partial charge in [-0.25, -0.2) is 0 Å². The first-order valence-electron chi connectivity index (χ1n) is 4.66. The number of aliphatic hydroxyl groups excluding tert-OH is 1. The average Bonchev–Trinajstić information content (AvgIpc) is 2.16. The van der Waals surface area contributed by atoms with Crippen LogP contribution in [0.4, 0.5) is 0 Å². The minimum Gasteiger partial charge on any atom is -0.481 e. The summed E-state index contributed by atoms with van der Waals surface area (Å²) in [4.78, 5) is 21.4. The molecule has 0 aliphatic rings. The second-order valence-corrected chi connectivity index (χ2v) is 4.28. The molecule has 0 aliphatic carbocycles. The number of thioether (sulfide) groups is 1. The predicted octanol–water partition coefficient (Wildman–Crippen LogP) is 0.0798. The molecular weight excluding hydrogens is 218 g/mol. The van der Waals surface area contributed by atoms with Crippen LogP contribution in [0.15, 0.2) is 0 Å². The van der Waals surface area contributed by atoms with E-state index in [2.05, 4.69) is 5.32 Å². The molecule has 6 heteroatoms. The van der Waals surface area contributed by atoms with Crippen molar-refractivity contribution >= 4 is 23.6 Å². The lowest BCUT2D eigenvalue weighted by Gasteiger charge is -2.21. The molecule has 0 saturated heterocycles. The lowest BCUT2D eigenvalue weighted by atomic mass is 10.2. The maximum Gasteiger partial charge on any atom is 0.303 e. The number of aliphatic hydroxyl groups is 1. The van der Waals surface area contributed by atoms with Crippen LogP contribution in [0.2, 0.25) is 0 Å². The quantitative estimate of drug-likeness (QED) is 0.582. The van der Waals surface area contributed by atoms with Crippen LogP contribution < -0.4 is 5.32 Å². The van der Waals surface area contributed by atoms with E-state index < -0.39 is 5.97 Å². The number of nitrogens with one attached hydrogen (secondary N) is 1. The summed E-state index contributed by atoms with van der Waals surface area (Å²) in [7, 11) is 0. The van der Waals surface area contributed by atoms with Crippen molar-refractivity contribution in [3.63, 3.8) is 0 Å². The van der Waals surface area contributed by atoms with Crippen molar-refractivity contribution in [1.82, 2.24) is 5.32 Å². The van der Waals surface area contributed by atoms with Crippen LogP contribution in [-0.4, -0.2) is 46.2 Å². The Labute approximate surface area is 93.2 Å². The molecule has 0 fully saturated rings. The summed E-state index contributed by atoms with van der Waals surface area (Å²) in [5.74, 6) is -1.28. The molecule has 5 nitrogen and oxygen atoms in total. The molecule has 0 aromatic rings. The molecule has 0 rings (SSSR count). The van der Waals surface area contributed by atoms with E-state index in [-0.39, 0.29) is 36.6 Å². The fourth-order valence-electron chi connectivity index (χ4n) is 1.08. The van der Waals surface area contributed by atoms with Gasteiger partial charge >= 0.3 is 5.97 Å². The lowest BCUT2D eigenvalue weighted by molar-refractivity contribution is -0.138. The molecule has 3 N–H and O–H groups in total. The topological polar surface area (TPSA) is 86.6 Å². The molecule has 2 atom stereocenters. The number of hydrogen-bond acceptors (Lipinski definition) is 4. The van der Waals surface area contributed by atoms with Gasteiger partial charge < -0.3 is 15.5 Å². The monoisotopic (exact) mass is 235 g/mol. The van der Waals surface area contributed by atoms with Gasteiger partial charge in [0.15, 0.2) is 0 Å². The second kappa shape index (κ2) is 7.53. The Hall–Kier alpha value is -0.750. The number of rotatable bonds is 7. The van der Waals surface area contributed by atoms with Crippen LogP contribution in [0.5, 0.6) is 0 Å². The summed E-state index contributed by atoms with van der Waals surface area (Å²) in [5.41, 5.74) is 0. The Morgan fingerprint density at radius 2 is 2.00 bits per heavy atom. The molecule has 15 heavy (non-hydrogen) atoms. The molecule has 0 aromatic heterocycles. The number of carboxylic acid groups (broad SMARTS) is 1. The molecule has 0 aromatic carbocycles. The van der Waals surface area contributed by atoms with Gasteiger partial charge in [-0.15, -0.1) is 0 Å². The maximum absolute atomic E-state index is 11.2. The molecule has 0 aliphatic heterocycles. The first-order chi connectivity index (χ1) is 7.01. The zero-order chi connectivity index (χ0) is 11.8. The van der Waals surface area contributed by atoms with E-state index in [0.717, 1.165) is 0 Å². The predicted molar refractivity (Wildman–Crippen MR) is 58.9 cm³/mol. The Morgan fingerprint density at radius 1 is 1.40 bits per heavy atom. The SMILES string of the molecule is CSC(CO)C(C)NC(=O)CCC(=O)O. The van der Waals surface area contributed by atoms with Gasteiger partial charge in [-0.05, 0) is 13.2 Å². The highest BCUT2D eigenvalue weighted by molar-refractivity contribution is 7.99. The van der Waals surface area contributed by atoms with E-state index in [0.29, 0.717) is 0 Å². The smallest absolute Gasteiger partial charge is 0.303 e. The first kappa shape index (κ1) is 14.2. The van der Waals surface area contributed by atoms with Gasteiger partial charge in [0.25, 0.3) is 0 Å². The van der Waals surface area contributed by atoms with Crippen LogP contribution >= 0.6 is 11.8 Å². The van der Waals surface area contributed by atoms with E-state index in [1.807, 2.05) is 6.26 Å². The molecule has 0 spiro atoms. The largest absolute Gasteiger partial charge is 0.481 e. The third-order valence-electron chi connectivity index (χ3n) is 1.99. The summed E-state index contributed by atoms with van der Waals surface area (Å²) >= 11 is 1.46. The minimum absolute atomic E-state index is 0.0124. The highest BCUT2D eigenvalue weighted by Crippen LogP contribution is 2.10. The number of carbonyl (C=O) groups excluding carboxylic acids is 1. The van der Waals surface area contributed by atoms with Crippen molar-refractivity contribution in [3.05, 3.63) is 0 Å². The maximum atomic E-state index is 11.2. The summed E-state index contributed by atoms with van der Waals surface area (Å²) in [5, 5.41) is 19.9. The van der Waals surface area contributed by atoms with Crippen molar-refractivity contribution in [1.29, 1.82) is 0 Å². The normalized spacial score (nSPS) is 14.3. The van der Waals surface area contributed by atoms with Crippen molar-refractivity contribution in [2.24, 2.45) is 0 Å². The Morgan fingerprint density at radius 3 is 2.40 bits per heavy atom. The van der Waals surface area contributed by atoms with E-state index in [1.54, 1.807) is 6.92 Å². The Bertz CT molecular complexity index is 218. The van der Waals surface area contributed by atoms with Crippen LogP contribution in [0.3, 0.4) is 0 Å². The minimum atomic E-state index is -0.985. The number of carbonyl (C=O) groups is 2. The standard InChI is InChI=1S/C9H17NO4S/c1-6(7(5-11)15-2)10-8(12)3-4-9(13)14/h6-7,11H,3-5H2,1-2H3,(H,10,12)(H,13,14). The molecular formula is C9H17NO4S. The van der Waals surface area contributed by atoms with Gasteiger partial charge in [-0.1, -0.05) is 0 Å². The van der Waals surface area contributed by atoms with E-state index in [4.69, 9.17) is 10.2 Å². The van der Waals surface area contributed by atoms with Gasteiger partial charge in [0.2, 0.25) is 5.91 Å². The molecule has 1 amide bonds.